The second kappa shape index (κ2) is 9.90. The molecule has 194 valence electrons. The smallest absolute Gasteiger partial charge is 0.456 e. The number of methoxy groups -OCH3 is 1. The summed E-state index contributed by atoms with van der Waals surface area (Å²) >= 11 is 5.96. The van der Waals surface area contributed by atoms with Gasteiger partial charge < -0.3 is 9.47 Å². The van der Waals surface area contributed by atoms with Gasteiger partial charge in [0.05, 0.1) is 16.1 Å². The van der Waals surface area contributed by atoms with Crippen LogP contribution in [0.2, 0.25) is 5.02 Å². The van der Waals surface area contributed by atoms with Gasteiger partial charge in [-0.25, -0.2) is 26.4 Å². The second-order valence-corrected chi connectivity index (χ2v) is 12.8. The molecular formula is C19H26ClF3N2O7S2. The molecule has 0 spiro atoms. The number of nitrogens with zero attached hydrogens (tertiary/aromatic N) is 1. The number of carbonyl (C=O) groups is 1. The lowest BCUT2D eigenvalue weighted by molar-refractivity contribution is -0.0515. The molecule has 1 heterocycles. The van der Waals surface area contributed by atoms with E-state index in [1.165, 1.54) is 30.0 Å². The zero-order valence-corrected chi connectivity index (χ0v) is 21.3. The highest BCUT2D eigenvalue weighted by atomic mass is 35.5. The maximum absolute atomic E-state index is 13.3. The number of hydrogen-bond donors (Lipinski definition) is 1. The van der Waals surface area contributed by atoms with Gasteiger partial charge in [-0.1, -0.05) is 11.6 Å². The normalized spacial score (nSPS) is 18.0. The Labute approximate surface area is 201 Å². The molecule has 1 fully saturated rings. The van der Waals surface area contributed by atoms with Crippen molar-refractivity contribution in [3.63, 3.8) is 0 Å². The van der Waals surface area contributed by atoms with Crippen LogP contribution in [0.25, 0.3) is 0 Å². The molecule has 9 nitrogen and oxygen atoms in total. The van der Waals surface area contributed by atoms with E-state index in [2.05, 4.69) is 0 Å². The number of nitrogens with one attached hydrogen (secondary N) is 1. The van der Waals surface area contributed by atoms with Crippen molar-refractivity contribution in [1.29, 1.82) is 0 Å². The Hall–Kier alpha value is -1.45. The molecule has 0 amide bonds. The Bertz CT molecular complexity index is 1130. The summed E-state index contributed by atoms with van der Waals surface area (Å²) in [6.45, 7) is 3.77. The van der Waals surface area contributed by atoms with E-state index in [9.17, 15) is 34.8 Å². The minimum atomic E-state index is -5.59. The predicted octanol–water partition coefficient (Wildman–Crippen LogP) is 2.90. The van der Waals surface area contributed by atoms with Crippen LogP contribution in [0.4, 0.5) is 13.2 Å². The number of ether oxygens (including phenoxy) is 2. The van der Waals surface area contributed by atoms with Gasteiger partial charge in [-0.05, 0) is 51.8 Å². The number of halogens is 4. The number of carbonyl (C=O) groups excluding carboxylic acids is 1. The largest absolute Gasteiger partial charge is 0.511 e. The number of hydrogen-bond acceptors (Lipinski definition) is 7. The van der Waals surface area contributed by atoms with Crippen LogP contribution >= 0.6 is 11.6 Å². The van der Waals surface area contributed by atoms with E-state index in [0.29, 0.717) is 0 Å². The zero-order chi connectivity index (χ0) is 26.2. The van der Waals surface area contributed by atoms with Gasteiger partial charge >= 0.3 is 21.5 Å². The SMILES string of the molecule is COC1(CNS(=O)(=O)C(F)(F)F)CCN(S(=O)(=O)c2ccc(Cl)cc2C(=O)OC(C)(C)C)CC1. The van der Waals surface area contributed by atoms with Crippen molar-refractivity contribution in [2.45, 2.75) is 55.2 Å². The lowest BCUT2D eigenvalue weighted by Gasteiger charge is -2.40. The molecule has 0 saturated carbocycles. The molecule has 2 rings (SSSR count). The van der Waals surface area contributed by atoms with E-state index in [0.717, 1.165) is 4.31 Å². The van der Waals surface area contributed by atoms with Gasteiger partial charge in [-0.15, -0.1) is 0 Å². The fraction of sp³-hybridized carbons (Fsp3) is 0.632. The average Bonchev–Trinajstić information content (AvgIpc) is 2.70. The number of esters is 1. The van der Waals surface area contributed by atoms with Gasteiger partial charge in [0.15, 0.2) is 0 Å². The third-order valence-electron chi connectivity index (χ3n) is 5.13. The molecule has 34 heavy (non-hydrogen) atoms. The van der Waals surface area contributed by atoms with Crippen LogP contribution in [-0.2, 0) is 29.5 Å². The quantitative estimate of drug-likeness (QED) is 0.518. The van der Waals surface area contributed by atoms with Gasteiger partial charge in [0, 0.05) is 31.8 Å². The van der Waals surface area contributed by atoms with Crippen molar-refractivity contribution >= 4 is 37.6 Å². The summed E-state index contributed by atoms with van der Waals surface area (Å²) in [6, 6.07) is 3.65. The molecule has 0 aliphatic carbocycles. The standard InChI is InChI=1S/C19H26ClF3N2O7S2/c1-17(2,3)32-16(26)14-11-13(20)5-6-15(14)33(27,28)25-9-7-18(31-4,8-10-25)12-24-34(29,30)19(21,22)23/h5-6,11,24H,7-10,12H2,1-4H3. The first-order chi connectivity index (χ1) is 15.3. The minimum absolute atomic E-state index is 0.0987. The topological polar surface area (TPSA) is 119 Å². The molecular weight excluding hydrogens is 525 g/mol. The summed E-state index contributed by atoms with van der Waals surface area (Å²) in [6.07, 6.45) is -0.197. The van der Waals surface area contributed by atoms with E-state index < -0.39 is 49.3 Å². The van der Waals surface area contributed by atoms with Crippen LogP contribution in [0.1, 0.15) is 44.0 Å². The highest BCUT2D eigenvalue weighted by Crippen LogP contribution is 2.32. The Morgan fingerprint density at radius 3 is 2.18 bits per heavy atom. The second-order valence-electron chi connectivity index (χ2n) is 8.70. The lowest BCUT2D eigenvalue weighted by atomic mass is 9.92. The summed E-state index contributed by atoms with van der Waals surface area (Å²) in [4.78, 5) is 12.3. The third-order valence-corrected chi connectivity index (χ3v) is 8.46. The van der Waals surface area contributed by atoms with Crippen molar-refractivity contribution in [3.8, 4) is 0 Å². The molecule has 0 atom stereocenters. The highest BCUT2D eigenvalue weighted by molar-refractivity contribution is 7.90. The Morgan fingerprint density at radius 1 is 1.15 bits per heavy atom. The molecule has 0 aromatic heterocycles. The van der Waals surface area contributed by atoms with Crippen LogP contribution < -0.4 is 4.72 Å². The van der Waals surface area contributed by atoms with Gasteiger partial charge in [0.25, 0.3) is 0 Å². The first-order valence-electron chi connectivity index (χ1n) is 9.98. The van der Waals surface area contributed by atoms with Crippen molar-refractivity contribution in [2.24, 2.45) is 0 Å². The van der Waals surface area contributed by atoms with E-state index >= 15 is 0 Å². The molecule has 0 unspecified atom stereocenters. The van der Waals surface area contributed by atoms with Gasteiger partial charge in [0.2, 0.25) is 10.0 Å². The Morgan fingerprint density at radius 2 is 1.71 bits per heavy atom. The first-order valence-corrected chi connectivity index (χ1v) is 13.3. The number of rotatable bonds is 7. The summed E-state index contributed by atoms with van der Waals surface area (Å²) in [5.41, 5.74) is -7.99. The zero-order valence-electron chi connectivity index (χ0n) is 18.9. The summed E-state index contributed by atoms with van der Waals surface area (Å²) < 4.78 is 100. The van der Waals surface area contributed by atoms with Gasteiger partial charge in [-0.2, -0.15) is 17.5 Å². The minimum Gasteiger partial charge on any atom is -0.456 e. The van der Waals surface area contributed by atoms with Crippen LogP contribution in [0.3, 0.4) is 0 Å². The highest BCUT2D eigenvalue weighted by Gasteiger charge is 2.48. The maximum Gasteiger partial charge on any atom is 0.511 e. The Balaban J connectivity index is 2.26. The number of benzene rings is 1. The average molecular weight is 551 g/mol. The molecule has 1 saturated heterocycles. The van der Waals surface area contributed by atoms with Crippen molar-refractivity contribution in [1.82, 2.24) is 9.03 Å². The fourth-order valence-electron chi connectivity index (χ4n) is 3.25. The van der Waals surface area contributed by atoms with Gasteiger partial charge in [0.1, 0.15) is 5.60 Å². The molecule has 1 N–H and O–H groups in total. The van der Waals surface area contributed by atoms with E-state index in [1.54, 1.807) is 20.8 Å². The molecule has 1 aliphatic heterocycles. The summed E-state index contributed by atoms with van der Waals surface area (Å²) in [5, 5.41) is 0.119. The number of alkyl halides is 3. The van der Waals surface area contributed by atoms with Crippen LogP contribution in [0.5, 0.6) is 0 Å². The molecule has 1 aliphatic rings. The van der Waals surface area contributed by atoms with Crippen molar-refractivity contribution in [3.05, 3.63) is 28.8 Å². The van der Waals surface area contributed by atoms with Crippen molar-refractivity contribution < 1.29 is 44.3 Å². The lowest BCUT2D eigenvalue weighted by Crippen LogP contribution is -2.54. The van der Waals surface area contributed by atoms with Crippen LogP contribution in [0, 0.1) is 0 Å². The third kappa shape index (κ3) is 6.61. The molecule has 1 aromatic carbocycles. The molecule has 15 heteroatoms. The summed E-state index contributed by atoms with van der Waals surface area (Å²) in [5.74, 6) is -0.890. The molecule has 1 aromatic rings. The fourth-order valence-corrected chi connectivity index (χ4v) is 5.64. The van der Waals surface area contributed by atoms with E-state index in [-0.39, 0.29) is 41.4 Å². The van der Waals surface area contributed by atoms with Crippen LogP contribution in [-0.4, -0.2) is 70.6 Å². The maximum atomic E-state index is 13.3. The van der Waals surface area contributed by atoms with Crippen LogP contribution in [0.15, 0.2) is 23.1 Å². The summed E-state index contributed by atoms with van der Waals surface area (Å²) in [7, 11) is -8.63. The number of piperidine rings is 1. The Kier molecular flexibility index (Phi) is 8.38. The molecule has 0 bridgehead atoms. The van der Waals surface area contributed by atoms with E-state index in [1.807, 2.05) is 0 Å². The first kappa shape index (κ1) is 28.8. The predicted molar refractivity (Wildman–Crippen MR) is 117 cm³/mol. The van der Waals surface area contributed by atoms with E-state index in [4.69, 9.17) is 21.1 Å². The van der Waals surface area contributed by atoms with Crippen molar-refractivity contribution in [2.75, 3.05) is 26.7 Å². The monoisotopic (exact) mass is 550 g/mol. The molecule has 0 radical (unpaired) electrons. The number of sulfonamides is 2. The van der Waals surface area contributed by atoms with Gasteiger partial charge in [-0.3, -0.25) is 0 Å².